The van der Waals surface area contributed by atoms with Crippen molar-refractivity contribution < 1.29 is 18.0 Å². The fourth-order valence-electron chi connectivity index (χ4n) is 2.56. The van der Waals surface area contributed by atoms with E-state index in [9.17, 15) is 18.0 Å². The lowest BCUT2D eigenvalue weighted by atomic mass is 10.1. The molecule has 0 heterocycles. The van der Waals surface area contributed by atoms with Gasteiger partial charge in [0, 0.05) is 29.0 Å². The van der Waals surface area contributed by atoms with Crippen molar-refractivity contribution >= 4 is 43.3 Å². The number of halogens is 1. The fraction of sp³-hybridized carbons (Fsp3) is 0.263. The molecule has 0 aliphatic carbocycles. The molecular formula is C19H21BrN2O4S. The minimum absolute atomic E-state index is 0.120. The molecule has 2 aromatic rings. The van der Waals surface area contributed by atoms with E-state index in [4.69, 9.17) is 0 Å². The lowest BCUT2D eigenvalue weighted by Gasteiger charge is -2.18. The van der Waals surface area contributed by atoms with Gasteiger partial charge < -0.3 is 10.2 Å². The number of nitrogens with one attached hydrogen (secondary N) is 1. The molecule has 2 amide bonds. The van der Waals surface area contributed by atoms with E-state index >= 15 is 0 Å². The van der Waals surface area contributed by atoms with E-state index in [2.05, 4.69) is 21.2 Å². The second-order valence-electron chi connectivity index (χ2n) is 6.44. The average Bonchev–Trinajstić information content (AvgIpc) is 2.55. The monoisotopic (exact) mass is 452 g/mol. The van der Waals surface area contributed by atoms with Crippen LogP contribution in [0.3, 0.4) is 0 Å². The largest absolute Gasteiger partial charge is 0.332 e. The van der Waals surface area contributed by atoms with Crippen molar-refractivity contribution in [1.82, 2.24) is 4.90 Å². The van der Waals surface area contributed by atoms with Crippen molar-refractivity contribution in [2.75, 3.05) is 25.2 Å². The maximum Gasteiger partial charge on any atom is 0.254 e. The van der Waals surface area contributed by atoms with Gasteiger partial charge in [-0.05, 0) is 48.4 Å². The van der Waals surface area contributed by atoms with Crippen LogP contribution in [0.5, 0.6) is 0 Å². The van der Waals surface area contributed by atoms with Crippen LogP contribution in [0.4, 0.5) is 5.69 Å². The molecule has 0 unspecified atom stereocenters. The van der Waals surface area contributed by atoms with Crippen LogP contribution in [0.2, 0.25) is 0 Å². The van der Waals surface area contributed by atoms with Crippen LogP contribution in [0, 0.1) is 6.92 Å². The number of carbonyl (C=O) groups is 2. The van der Waals surface area contributed by atoms with Crippen molar-refractivity contribution in [3.63, 3.8) is 0 Å². The molecule has 0 aliphatic rings. The third-order valence-electron chi connectivity index (χ3n) is 3.79. The molecule has 0 spiro atoms. The van der Waals surface area contributed by atoms with Gasteiger partial charge in [-0.1, -0.05) is 28.1 Å². The number of hydrogen-bond acceptors (Lipinski definition) is 4. The van der Waals surface area contributed by atoms with Crippen LogP contribution in [0.15, 0.2) is 46.9 Å². The van der Waals surface area contributed by atoms with Crippen molar-refractivity contribution in [3.05, 3.63) is 63.6 Å². The Morgan fingerprint density at radius 3 is 2.48 bits per heavy atom. The SMILES string of the molecule is Cc1cc(Br)ccc1NC(=O)CN(C)C(=O)c1cccc(CS(C)(=O)=O)c1. The molecule has 0 saturated carbocycles. The van der Waals surface area contributed by atoms with Crippen LogP contribution in [0.1, 0.15) is 21.5 Å². The number of carbonyl (C=O) groups excluding carboxylic acids is 2. The normalized spacial score (nSPS) is 11.1. The molecule has 0 bridgehead atoms. The summed E-state index contributed by atoms with van der Waals surface area (Å²) in [5, 5.41) is 2.78. The summed E-state index contributed by atoms with van der Waals surface area (Å²) in [6.45, 7) is 1.76. The highest BCUT2D eigenvalue weighted by Crippen LogP contribution is 2.20. The molecular weight excluding hydrogens is 432 g/mol. The molecule has 0 fully saturated rings. The molecule has 1 N–H and O–H groups in total. The second-order valence-corrected chi connectivity index (χ2v) is 9.49. The summed E-state index contributed by atoms with van der Waals surface area (Å²) >= 11 is 3.37. The van der Waals surface area contributed by atoms with Crippen LogP contribution < -0.4 is 5.32 Å². The highest BCUT2D eigenvalue weighted by atomic mass is 79.9. The number of aryl methyl sites for hydroxylation is 1. The first kappa shape index (κ1) is 21.1. The van der Waals surface area contributed by atoms with Crippen molar-refractivity contribution in [2.45, 2.75) is 12.7 Å². The van der Waals surface area contributed by atoms with Crippen molar-refractivity contribution in [2.24, 2.45) is 0 Å². The molecule has 6 nitrogen and oxygen atoms in total. The Morgan fingerprint density at radius 2 is 1.85 bits per heavy atom. The lowest BCUT2D eigenvalue weighted by molar-refractivity contribution is -0.116. The zero-order valence-corrected chi connectivity index (χ0v) is 17.7. The average molecular weight is 453 g/mol. The Bertz CT molecular complexity index is 973. The third kappa shape index (κ3) is 6.48. The first-order valence-corrected chi connectivity index (χ1v) is 11.0. The van der Waals surface area contributed by atoms with Gasteiger partial charge >= 0.3 is 0 Å². The molecule has 0 aromatic heterocycles. The van der Waals surface area contributed by atoms with Crippen LogP contribution in [-0.4, -0.2) is 45.0 Å². The number of amides is 2. The minimum Gasteiger partial charge on any atom is -0.332 e. The number of sulfone groups is 1. The lowest BCUT2D eigenvalue weighted by Crippen LogP contribution is -2.35. The summed E-state index contributed by atoms with van der Waals surface area (Å²) in [4.78, 5) is 26.1. The standard InChI is InChI=1S/C19H21BrN2O4S/c1-13-9-16(20)7-8-17(13)21-18(23)11-22(2)19(24)15-6-4-5-14(10-15)12-27(3,25)26/h4-10H,11-12H2,1-3H3,(H,21,23). The number of hydrogen-bond donors (Lipinski definition) is 1. The van der Waals surface area contributed by atoms with E-state index in [0.717, 1.165) is 16.3 Å². The van der Waals surface area contributed by atoms with Gasteiger partial charge in [0.05, 0.1) is 12.3 Å². The second kappa shape index (κ2) is 8.67. The van der Waals surface area contributed by atoms with Gasteiger partial charge in [-0.15, -0.1) is 0 Å². The Hall–Kier alpha value is -2.19. The van der Waals surface area contributed by atoms with E-state index in [1.807, 2.05) is 19.1 Å². The number of likely N-dealkylation sites (N-methyl/N-ethyl adjacent to an activating group) is 1. The van der Waals surface area contributed by atoms with Crippen molar-refractivity contribution in [1.29, 1.82) is 0 Å². The van der Waals surface area contributed by atoms with Gasteiger partial charge in [0.15, 0.2) is 9.84 Å². The third-order valence-corrected chi connectivity index (χ3v) is 5.14. The zero-order chi connectivity index (χ0) is 20.2. The van der Waals surface area contributed by atoms with E-state index in [1.165, 1.54) is 18.0 Å². The van der Waals surface area contributed by atoms with Crippen LogP contribution in [-0.2, 0) is 20.4 Å². The predicted octanol–water partition coefficient (Wildman–Crippen LogP) is 3.01. The summed E-state index contributed by atoms with van der Waals surface area (Å²) in [7, 11) is -1.67. The smallest absolute Gasteiger partial charge is 0.254 e. The van der Waals surface area contributed by atoms with Crippen LogP contribution >= 0.6 is 15.9 Å². The highest BCUT2D eigenvalue weighted by Gasteiger charge is 2.16. The summed E-state index contributed by atoms with van der Waals surface area (Å²) in [5.41, 5.74) is 2.46. The zero-order valence-electron chi connectivity index (χ0n) is 15.3. The van der Waals surface area contributed by atoms with E-state index in [-0.39, 0.29) is 24.1 Å². The molecule has 2 rings (SSSR count). The maximum absolute atomic E-state index is 12.6. The van der Waals surface area contributed by atoms with E-state index in [0.29, 0.717) is 16.8 Å². The molecule has 8 heteroatoms. The fourth-order valence-corrected chi connectivity index (χ4v) is 3.82. The summed E-state index contributed by atoms with van der Waals surface area (Å²) in [5.74, 6) is -0.808. The minimum atomic E-state index is -3.19. The number of benzene rings is 2. The molecule has 0 radical (unpaired) electrons. The topological polar surface area (TPSA) is 83.6 Å². The molecule has 0 saturated heterocycles. The van der Waals surface area contributed by atoms with Crippen LogP contribution in [0.25, 0.3) is 0 Å². The number of nitrogens with zero attached hydrogens (tertiary/aromatic N) is 1. The van der Waals surface area contributed by atoms with E-state index < -0.39 is 9.84 Å². The first-order chi connectivity index (χ1) is 12.5. The Kier molecular flexibility index (Phi) is 6.78. The molecule has 0 atom stereocenters. The Morgan fingerprint density at radius 1 is 1.15 bits per heavy atom. The molecule has 27 heavy (non-hydrogen) atoms. The van der Waals surface area contributed by atoms with Gasteiger partial charge in [-0.25, -0.2) is 8.42 Å². The van der Waals surface area contributed by atoms with Crippen molar-refractivity contribution in [3.8, 4) is 0 Å². The summed E-state index contributed by atoms with van der Waals surface area (Å²) in [6.07, 6.45) is 1.14. The van der Waals surface area contributed by atoms with E-state index in [1.54, 1.807) is 24.3 Å². The number of anilines is 1. The van der Waals surface area contributed by atoms with Gasteiger partial charge in [0.25, 0.3) is 5.91 Å². The van der Waals surface area contributed by atoms with Gasteiger partial charge in [-0.3, -0.25) is 9.59 Å². The van der Waals surface area contributed by atoms with Gasteiger partial charge in [0.2, 0.25) is 5.91 Å². The van der Waals surface area contributed by atoms with Gasteiger partial charge in [-0.2, -0.15) is 0 Å². The first-order valence-electron chi connectivity index (χ1n) is 8.13. The molecule has 144 valence electrons. The highest BCUT2D eigenvalue weighted by molar-refractivity contribution is 9.10. The Balaban J connectivity index is 2.04. The number of rotatable bonds is 6. The molecule has 2 aromatic carbocycles. The quantitative estimate of drug-likeness (QED) is 0.729. The summed E-state index contributed by atoms with van der Waals surface area (Å²) in [6, 6.07) is 11.9. The maximum atomic E-state index is 12.6. The molecule has 0 aliphatic heterocycles. The predicted molar refractivity (Wildman–Crippen MR) is 109 cm³/mol. The van der Waals surface area contributed by atoms with Gasteiger partial charge in [0.1, 0.15) is 0 Å². The summed E-state index contributed by atoms with van der Waals surface area (Å²) < 4.78 is 23.8. The Labute approximate surface area is 167 Å².